The van der Waals surface area contributed by atoms with Gasteiger partial charge in [0.05, 0.1) is 5.56 Å². The summed E-state index contributed by atoms with van der Waals surface area (Å²) >= 11 is 1.75. The molecule has 4 heteroatoms. The van der Waals surface area contributed by atoms with E-state index in [1.807, 2.05) is 18.2 Å². The van der Waals surface area contributed by atoms with E-state index in [0.29, 0.717) is 5.56 Å². The van der Waals surface area contributed by atoms with Crippen LogP contribution < -0.4 is 4.90 Å². The number of hydrogen-bond donors (Lipinski definition) is 1. The van der Waals surface area contributed by atoms with Crippen molar-refractivity contribution in [1.82, 2.24) is 0 Å². The fourth-order valence-electron chi connectivity index (χ4n) is 5.61. The molecule has 5 rings (SSSR count). The zero-order valence-electron chi connectivity index (χ0n) is 21.8. The van der Waals surface area contributed by atoms with Crippen molar-refractivity contribution in [3.8, 4) is 11.1 Å². The summed E-state index contributed by atoms with van der Waals surface area (Å²) < 4.78 is 0. The normalized spacial score (nSPS) is 14.1. The van der Waals surface area contributed by atoms with Gasteiger partial charge < -0.3 is 10.0 Å². The smallest absolute Gasteiger partial charge is 0.336 e. The first-order valence-corrected chi connectivity index (χ1v) is 14.3. The summed E-state index contributed by atoms with van der Waals surface area (Å²) in [6, 6.07) is 25.2. The molecule has 0 radical (unpaired) electrons. The van der Waals surface area contributed by atoms with Gasteiger partial charge >= 0.3 is 5.97 Å². The Morgan fingerprint density at radius 2 is 1.70 bits per heavy atom. The van der Waals surface area contributed by atoms with Gasteiger partial charge in [-0.2, -0.15) is 0 Å². The lowest BCUT2D eigenvalue weighted by atomic mass is 9.79. The highest BCUT2D eigenvalue weighted by atomic mass is 32.2. The summed E-state index contributed by atoms with van der Waals surface area (Å²) in [7, 11) is 0. The highest BCUT2D eigenvalue weighted by Crippen LogP contribution is 2.44. The lowest BCUT2D eigenvalue weighted by molar-refractivity contribution is 0.0697. The molecule has 1 N–H and O–H groups in total. The minimum Gasteiger partial charge on any atom is -0.478 e. The van der Waals surface area contributed by atoms with E-state index in [9.17, 15) is 9.90 Å². The van der Waals surface area contributed by atoms with Crippen molar-refractivity contribution in [1.29, 1.82) is 0 Å². The third kappa shape index (κ3) is 4.91. The highest BCUT2D eigenvalue weighted by Gasteiger charge is 2.24. The number of carboxylic acid groups (broad SMARTS) is 1. The number of nitrogens with zero attached hydrogens (tertiary/aromatic N) is 1. The Balaban J connectivity index is 1.79. The standard InChI is InChI=1S/C33H33NO2S/c1-4-34(5-2)25-15-18-27-24(20-25)21-31-23(19-22-13-16-26(37-3)17-14-22)9-8-12-29(31)32(27)28-10-6-7-11-30(28)33(35)36/h6-7,10-11,13-21H,4-5,8-9,12H2,1-3H3,(H,35,36). The SMILES string of the molecule is CCN(CC)c1ccc2c(-c3ccccc3C(=O)O)c3c(cc2c1)C(=Cc1ccc(SC)cc1)CCC3. The average molecular weight is 508 g/mol. The zero-order chi connectivity index (χ0) is 25.9. The number of hydrogen-bond acceptors (Lipinski definition) is 3. The van der Waals surface area contributed by atoms with Crippen LogP contribution in [0.1, 0.15) is 53.7 Å². The van der Waals surface area contributed by atoms with Crippen LogP contribution in [0.2, 0.25) is 0 Å². The molecule has 4 aromatic carbocycles. The van der Waals surface area contributed by atoms with Crippen LogP contribution in [-0.4, -0.2) is 30.4 Å². The molecule has 37 heavy (non-hydrogen) atoms. The summed E-state index contributed by atoms with van der Waals surface area (Å²) in [5.41, 5.74) is 8.46. The number of thioether (sulfide) groups is 1. The Morgan fingerprint density at radius 1 is 0.946 bits per heavy atom. The van der Waals surface area contributed by atoms with Crippen LogP contribution in [0.5, 0.6) is 0 Å². The van der Waals surface area contributed by atoms with Gasteiger partial charge in [-0.1, -0.05) is 42.5 Å². The molecule has 0 spiro atoms. The molecule has 1 aliphatic rings. The average Bonchev–Trinajstić information content (AvgIpc) is 2.93. The molecule has 3 nitrogen and oxygen atoms in total. The highest BCUT2D eigenvalue weighted by molar-refractivity contribution is 7.98. The maximum atomic E-state index is 12.3. The molecule has 0 bridgehead atoms. The third-order valence-electron chi connectivity index (χ3n) is 7.46. The zero-order valence-corrected chi connectivity index (χ0v) is 22.6. The minimum atomic E-state index is -0.887. The van der Waals surface area contributed by atoms with Crippen molar-refractivity contribution in [2.24, 2.45) is 0 Å². The van der Waals surface area contributed by atoms with Crippen molar-refractivity contribution in [2.75, 3.05) is 24.2 Å². The Bertz CT molecular complexity index is 1480. The van der Waals surface area contributed by atoms with Gasteiger partial charge in [0, 0.05) is 23.7 Å². The van der Waals surface area contributed by atoms with E-state index in [-0.39, 0.29) is 0 Å². The second kappa shape index (κ2) is 10.9. The van der Waals surface area contributed by atoms with E-state index in [1.165, 1.54) is 32.8 Å². The van der Waals surface area contributed by atoms with Gasteiger partial charge in [0.15, 0.2) is 0 Å². The summed E-state index contributed by atoms with van der Waals surface area (Å²) in [6.07, 6.45) is 7.41. The van der Waals surface area contributed by atoms with Crippen molar-refractivity contribution in [2.45, 2.75) is 38.0 Å². The monoisotopic (exact) mass is 507 g/mol. The molecule has 0 saturated heterocycles. The van der Waals surface area contributed by atoms with Crippen LogP contribution in [0, 0.1) is 0 Å². The third-order valence-corrected chi connectivity index (χ3v) is 8.21. The first-order chi connectivity index (χ1) is 18.0. The second-order valence-corrected chi connectivity index (χ2v) is 10.4. The summed E-state index contributed by atoms with van der Waals surface area (Å²) in [6.45, 7) is 6.24. The van der Waals surface area contributed by atoms with E-state index in [1.54, 1.807) is 17.8 Å². The molecule has 0 heterocycles. The van der Waals surface area contributed by atoms with Gasteiger partial charge in [0.1, 0.15) is 0 Å². The second-order valence-electron chi connectivity index (χ2n) is 9.50. The summed E-state index contributed by atoms with van der Waals surface area (Å²) in [5.74, 6) is -0.887. The van der Waals surface area contributed by atoms with E-state index < -0.39 is 5.97 Å². The molecule has 0 saturated carbocycles. The molecule has 0 unspecified atom stereocenters. The van der Waals surface area contributed by atoms with Gasteiger partial charge in [-0.3, -0.25) is 0 Å². The van der Waals surface area contributed by atoms with Gasteiger partial charge in [-0.25, -0.2) is 4.79 Å². The van der Waals surface area contributed by atoms with Crippen molar-refractivity contribution >= 4 is 45.8 Å². The van der Waals surface area contributed by atoms with Crippen LogP contribution in [0.25, 0.3) is 33.5 Å². The van der Waals surface area contributed by atoms with Crippen molar-refractivity contribution in [3.63, 3.8) is 0 Å². The van der Waals surface area contributed by atoms with Crippen LogP contribution in [0.4, 0.5) is 5.69 Å². The number of aromatic carboxylic acids is 1. The predicted octanol–water partition coefficient (Wildman–Crippen LogP) is 8.65. The lowest BCUT2D eigenvalue weighted by Crippen LogP contribution is -2.21. The molecule has 1 aliphatic carbocycles. The number of carboxylic acids is 1. The van der Waals surface area contributed by atoms with Gasteiger partial charge in [-0.05, 0) is 120 Å². The van der Waals surface area contributed by atoms with Gasteiger partial charge in [0.2, 0.25) is 0 Å². The predicted molar refractivity (Wildman–Crippen MR) is 159 cm³/mol. The molecule has 0 aromatic heterocycles. The van der Waals surface area contributed by atoms with E-state index in [0.717, 1.165) is 54.3 Å². The summed E-state index contributed by atoms with van der Waals surface area (Å²) in [5, 5.41) is 12.3. The van der Waals surface area contributed by atoms with Crippen LogP contribution in [0.15, 0.2) is 77.7 Å². The van der Waals surface area contributed by atoms with E-state index >= 15 is 0 Å². The molecule has 0 fully saturated rings. The van der Waals surface area contributed by atoms with E-state index in [2.05, 4.69) is 79.6 Å². The topological polar surface area (TPSA) is 40.5 Å². The fourth-order valence-corrected chi connectivity index (χ4v) is 6.01. The van der Waals surface area contributed by atoms with Crippen molar-refractivity contribution in [3.05, 3.63) is 95.1 Å². The Kier molecular flexibility index (Phi) is 7.38. The Hall–Kier alpha value is -3.50. The number of allylic oxidation sites excluding steroid dienone is 1. The fraction of sp³-hybridized carbons (Fsp3) is 0.242. The van der Waals surface area contributed by atoms with E-state index in [4.69, 9.17) is 0 Å². The number of anilines is 1. The number of rotatable bonds is 7. The maximum Gasteiger partial charge on any atom is 0.336 e. The molecule has 4 aromatic rings. The molecular formula is C33H33NO2S. The van der Waals surface area contributed by atoms with Gasteiger partial charge in [-0.15, -0.1) is 11.8 Å². The molecular weight excluding hydrogens is 474 g/mol. The number of fused-ring (bicyclic) bond motifs is 2. The largest absolute Gasteiger partial charge is 0.478 e. The molecule has 0 atom stereocenters. The molecule has 0 aliphatic heterocycles. The van der Waals surface area contributed by atoms with Crippen LogP contribution >= 0.6 is 11.8 Å². The first kappa shape index (κ1) is 25.2. The number of benzene rings is 4. The molecule has 0 amide bonds. The first-order valence-electron chi connectivity index (χ1n) is 13.1. The Labute approximate surface area is 223 Å². The molecule has 188 valence electrons. The van der Waals surface area contributed by atoms with Crippen LogP contribution in [-0.2, 0) is 6.42 Å². The number of carbonyl (C=O) groups is 1. The Morgan fingerprint density at radius 3 is 2.41 bits per heavy atom. The van der Waals surface area contributed by atoms with Gasteiger partial charge in [0.25, 0.3) is 0 Å². The summed E-state index contributed by atoms with van der Waals surface area (Å²) in [4.78, 5) is 15.9. The maximum absolute atomic E-state index is 12.3. The quantitative estimate of drug-likeness (QED) is 0.254. The minimum absolute atomic E-state index is 0.355. The van der Waals surface area contributed by atoms with Crippen molar-refractivity contribution < 1.29 is 9.90 Å². The lowest BCUT2D eigenvalue weighted by Gasteiger charge is -2.27. The van der Waals surface area contributed by atoms with Crippen LogP contribution in [0.3, 0.4) is 0 Å².